The smallest absolute Gasteiger partial charge is 0.373 e. The fraction of sp³-hybridized carbons (Fsp3) is 0.667. The summed E-state index contributed by atoms with van der Waals surface area (Å²) in [4.78, 5) is 11.4. The standard InChI is InChI=1S/C15H23NO3/c1-14(2)12(15(14,3)4)11(16-5)9-7-8-10(19-9)13(17)18-6/h7-8,11-12,16H,1-6H3. The molecule has 0 aliphatic heterocycles. The SMILES string of the molecule is CNC(c1ccc(C(=O)OC)o1)C1C(C)(C)C1(C)C. The Bertz CT molecular complexity index is 473. The number of methoxy groups -OCH3 is 1. The zero-order valence-corrected chi connectivity index (χ0v) is 12.5. The van der Waals surface area contributed by atoms with E-state index >= 15 is 0 Å². The molecule has 0 aromatic carbocycles. The third-order valence-electron chi connectivity index (χ3n) is 5.10. The van der Waals surface area contributed by atoms with Crippen molar-refractivity contribution < 1.29 is 13.9 Å². The average molecular weight is 265 g/mol. The Labute approximate surface area is 114 Å². The van der Waals surface area contributed by atoms with Crippen LogP contribution in [0.25, 0.3) is 0 Å². The minimum absolute atomic E-state index is 0.114. The van der Waals surface area contributed by atoms with E-state index in [2.05, 4.69) is 37.7 Å². The summed E-state index contributed by atoms with van der Waals surface area (Å²) in [6, 6.07) is 3.65. The summed E-state index contributed by atoms with van der Waals surface area (Å²) in [6.07, 6.45) is 0. The van der Waals surface area contributed by atoms with Crippen molar-refractivity contribution in [2.75, 3.05) is 14.2 Å². The lowest BCUT2D eigenvalue weighted by molar-refractivity contribution is 0.0561. The first-order valence-electron chi connectivity index (χ1n) is 6.62. The van der Waals surface area contributed by atoms with Crippen LogP contribution in [-0.2, 0) is 4.74 Å². The summed E-state index contributed by atoms with van der Waals surface area (Å²) in [6.45, 7) is 9.08. The molecule has 1 saturated carbocycles. The summed E-state index contributed by atoms with van der Waals surface area (Å²) in [5, 5.41) is 3.32. The molecule has 1 aromatic rings. The second-order valence-corrected chi connectivity index (χ2v) is 6.38. The van der Waals surface area contributed by atoms with Crippen molar-refractivity contribution in [3.05, 3.63) is 23.7 Å². The molecule has 0 saturated heterocycles. The maximum atomic E-state index is 11.4. The number of hydrogen-bond donors (Lipinski definition) is 1. The van der Waals surface area contributed by atoms with Crippen LogP contribution >= 0.6 is 0 Å². The monoisotopic (exact) mass is 265 g/mol. The Morgan fingerprint density at radius 2 is 1.89 bits per heavy atom. The number of nitrogens with one attached hydrogen (secondary N) is 1. The van der Waals surface area contributed by atoms with Gasteiger partial charge >= 0.3 is 5.97 Å². The Balaban J connectivity index is 2.25. The number of hydrogen-bond acceptors (Lipinski definition) is 4. The molecule has 1 N–H and O–H groups in total. The molecule has 2 rings (SSSR count). The minimum atomic E-state index is -0.435. The van der Waals surface area contributed by atoms with Gasteiger partial charge in [-0.05, 0) is 35.9 Å². The van der Waals surface area contributed by atoms with Gasteiger partial charge in [0.2, 0.25) is 5.76 Å². The molecule has 1 aliphatic carbocycles. The lowest BCUT2D eigenvalue weighted by Crippen LogP contribution is -2.21. The first-order chi connectivity index (χ1) is 8.77. The Hall–Kier alpha value is -1.29. The van der Waals surface area contributed by atoms with Crippen LogP contribution in [0.3, 0.4) is 0 Å². The van der Waals surface area contributed by atoms with Gasteiger partial charge in [-0.2, -0.15) is 0 Å². The van der Waals surface area contributed by atoms with Gasteiger partial charge in [-0.3, -0.25) is 0 Å². The fourth-order valence-corrected chi connectivity index (χ4v) is 3.28. The molecule has 4 nitrogen and oxygen atoms in total. The van der Waals surface area contributed by atoms with E-state index in [4.69, 9.17) is 4.42 Å². The molecule has 4 heteroatoms. The molecule has 106 valence electrons. The van der Waals surface area contributed by atoms with Gasteiger partial charge in [-0.25, -0.2) is 4.79 Å². The molecule has 0 bridgehead atoms. The van der Waals surface area contributed by atoms with Crippen LogP contribution in [0.15, 0.2) is 16.5 Å². The third-order valence-corrected chi connectivity index (χ3v) is 5.10. The third kappa shape index (κ3) is 1.98. The van der Waals surface area contributed by atoms with Crippen LogP contribution in [0.1, 0.15) is 50.1 Å². The maximum Gasteiger partial charge on any atom is 0.373 e. The van der Waals surface area contributed by atoms with Crippen molar-refractivity contribution in [1.82, 2.24) is 5.32 Å². The summed E-state index contributed by atoms with van der Waals surface area (Å²) in [5.74, 6) is 1.10. The van der Waals surface area contributed by atoms with Crippen LogP contribution in [-0.4, -0.2) is 20.1 Å². The quantitative estimate of drug-likeness (QED) is 0.850. The highest BCUT2D eigenvalue weighted by Crippen LogP contribution is 2.72. The number of esters is 1. The van der Waals surface area contributed by atoms with Crippen LogP contribution in [0.4, 0.5) is 0 Å². The minimum Gasteiger partial charge on any atom is -0.463 e. The zero-order chi connectivity index (χ0) is 14.4. The van der Waals surface area contributed by atoms with E-state index in [1.807, 2.05) is 13.1 Å². The predicted molar refractivity (Wildman–Crippen MR) is 72.9 cm³/mol. The van der Waals surface area contributed by atoms with Crippen molar-refractivity contribution in [2.24, 2.45) is 16.7 Å². The molecular weight excluding hydrogens is 242 g/mol. The molecule has 1 aromatic heterocycles. The van der Waals surface area contributed by atoms with Crippen molar-refractivity contribution in [3.63, 3.8) is 0 Å². The molecule has 1 aliphatic rings. The predicted octanol–water partition coefficient (Wildman–Crippen LogP) is 3.01. The van der Waals surface area contributed by atoms with E-state index in [1.54, 1.807) is 6.07 Å². The normalized spacial score (nSPS) is 22.0. The zero-order valence-electron chi connectivity index (χ0n) is 12.5. The molecule has 0 spiro atoms. The Morgan fingerprint density at radius 3 is 2.32 bits per heavy atom. The topological polar surface area (TPSA) is 51.5 Å². The van der Waals surface area contributed by atoms with Crippen molar-refractivity contribution >= 4 is 5.97 Å². The summed E-state index contributed by atoms with van der Waals surface area (Å²) < 4.78 is 10.3. The maximum absolute atomic E-state index is 11.4. The molecule has 1 fully saturated rings. The lowest BCUT2D eigenvalue weighted by Gasteiger charge is -2.16. The Kier molecular flexibility index (Phi) is 3.25. The van der Waals surface area contributed by atoms with Gasteiger partial charge in [0, 0.05) is 0 Å². The van der Waals surface area contributed by atoms with Gasteiger partial charge in [0.1, 0.15) is 5.76 Å². The molecule has 1 atom stereocenters. The number of carbonyl (C=O) groups is 1. The second-order valence-electron chi connectivity index (χ2n) is 6.38. The summed E-state index contributed by atoms with van der Waals surface area (Å²) in [5.41, 5.74) is 0.498. The van der Waals surface area contributed by atoms with E-state index in [1.165, 1.54) is 7.11 Å². The van der Waals surface area contributed by atoms with Crippen molar-refractivity contribution in [3.8, 4) is 0 Å². The largest absolute Gasteiger partial charge is 0.463 e. The van der Waals surface area contributed by atoms with Crippen LogP contribution in [0, 0.1) is 16.7 Å². The van der Waals surface area contributed by atoms with E-state index < -0.39 is 5.97 Å². The fourth-order valence-electron chi connectivity index (χ4n) is 3.28. The van der Waals surface area contributed by atoms with Crippen molar-refractivity contribution in [1.29, 1.82) is 0 Å². The van der Waals surface area contributed by atoms with Crippen LogP contribution in [0.2, 0.25) is 0 Å². The number of rotatable bonds is 4. The molecule has 19 heavy (non-hydrogen) atoms. The van der Waals surface area contributed by atoms with E-state index in [0.717, 1.165) is 5.76 Å². The summed E-state index contributed by atoms with van der Waals surface area (Å²) >= 11 is 0. The highest BCUT2D eigenvalue weighted by molar-refractivity contribution is 5.86. The van der Waals surface area contributed by atoms with E-state index in [-0.39, 0.29) is 22.6 Å². The highest BCUT2D eigenvalue weighted by atomic mass is 16.5. The van der Waals surface area contributed by atoms with Crippen LogP contribution < -0.4 is 5.32 Å². The van der Waals surface area contributed by atoms with Gasteiger partial charge in [0.25, 0.3) is 0 Å². The summed E-state index contributed by atoms with van der Waals surface area (Å²) in [7, 11) is 3.28. The van der Waals surface area contributed by atoms with Gasteiger partial charge < -0.3 is 14.5 Å². The van der Waals surface area contributed by atoms with Gasteiger partial charge in [0.15, 0.2) is 0 Å². The first-order valence-corrected chi connectivity index (χ1v) is 6.62. The lowest BCUT2D eigenvalue weighted by atomic mass is 10.0. The highest BCUT2D eigenvalue weighted by Gasteiger charge is 2.67. The van der Waals surface area contributed by atoms with Gasteiger partial charge in [0.05, 0.1) is 13.2 Å². The van der Waals surface area contributed by atoms with Gasteiger partial charge in [-0.15, -0.1) is 0 Å². The molecular formula is C15H23NO3. The number of carbonyl (C=O) groups excluding carboxylic acids is 1. The number of ether oxygens (including phenoxy) is 1. The van der Waals surface area contributed by atoms with E-state index in [9.17, 15) is 4.79 Å². The second kappa shape index (κ2) is 4.37. The number of furan rings is 1. The molecule has 1 heterocycles. The average Bonchev–Trinajstić information content (AvgIpc) is 2.77. The Morgan fingerprint density at radius 1 is 1.32 bits per heavy atom. The van der Waals surface area contributed by atoms with Crippen molar-refractivity contribution in [2.45, 2.75) is 33.7 Å². The van der Waals surface area contributed by atoms with Crippen LogP contribution in [0.5, 0.6) is 0 Å². The molecule has 1 unspecified atom stereocenters. The van der Waals surface area contributed by atoms with Gasteiger partial charge in [-0.1, -0.05) is 27.7 Å². The molecule has 0 amide bonds. The van der Waals surface area contributed by atoms with E-state index in [0.29, 0.717) is 5.92 Å². The molecule has 0 radical (unpaired) electrons. The first kappa shape index (κ1) is 14.1.